The Morgan fingerprint density at radius 1 is 0.706 bits per heavy atom. The summed E-state index contributed by atoms with van der Waals surface area (Å²) < 4.78 is 16.3. The smallest absolute Gasteiger partial charge is 0.239 e. The van der Waals surface area contributed by atoms with Crippen LogP contribution in [0.15, 0.2) is 75.9 Å². The Balaban J connectivity index is 0.000000218. The highest BCUT2D eigenvalue weighted by Crippen LogP contribution is 2.39. The number of benzene rings is 4. The van der Waals surface area contributed by atoms with Crippen molar-refractivity contribution in [3.8, 4) is 63.1 Å². The summed E-state index contributed by atoms with van der Waals surface area (Å²) in [5, 5.41) is 106. The summed E-state index contributed by atoms with van der Waals surface area (Å²) in [6.45, 7) is -0.393. The molecule has 2 heterocycles. The number of fused-ring (bicyclic) bond motifs is 1. The highest BCUT2D eigenvalue weighted by molar-refractivity contribution is 6.01. The van der Waals surface area contributed by atoms with Crippen molar-refractivity contribution in [3.63, 3.8) is 0 Å². The van der Waals surface area contributed by atoms with Gasteiger partial charge in [-0.15, -0.1) is 0 Å². The van der Waals surface area contributed by atoms with E-state index >= 15 is 0 Å². The maximum absolute atomic E-state index is 13.1. The number of Topliss-reactive ketones (excluding diaryl/α,β-unsaturated/α-hetero) is 1. The van der Waals surface area contributed by atoms with Gasteiger partial charge in [0.2, 0.25) is 17.5 Å². The minimum atomic E-state index is -1.73. The number of ketones is 1. The normalized spacial score (nSPS) is 18.5. The Morgan fingerprint density at radius 2 is 1.33 bits per heavy atom. The molecule has 0 saturated carbocycles. The Bertz CT molecular complexity index is 2100. The number of carbonyl (C=O) groups is 1. The molecule has 16 heteroatoms. The summed E-state index contributed by atoms with van der Waals surface area (Å²) >= 11 is 0. The lowest BCUT2D eigenvalue weighted by atomic mass is 10.0. The second-order valence-corrected chi connectivity index (χ2v) is 11.4. The first kappa shape index (κ1) is 36.1. The van der Waals surface area contributed by atoms with Crippen LogP contribution in [0.3, 0.4) is 0 Å². The molecule has 6 rings (SSSR count). The molecule has 1 saturated heterocycles. The molecule has 11 N–H and O–H groups in total. The molecule has 51 heavy (non-hydrogen) atoms. The Labute approximate surface area is 286 Å². The topological polar surface area (TPSA) is 288 Å². The molecule has 268 valence electrons. The monoisotopic (exact) mass is 708 g/mol. The largest absolute Gasteiger partial charge is 0.508 e. The zero-order valence-electron chi connectivity index (χ0n) is 26.2. The van der Waals surface area contributed by atoms with Crippen LogP contribution >= 0.6 is 0 Å². The molecule has 0 radical (unpaired) electrons. The molecule has 0 aliphatic carbocycles. The number of carbonyl (C=O) groups excluding carboxylic acids is 1. The van der Waals surface area contributed by atoms with Gasteiger partial charge in [0.25, 0.3) is 0 Å². The lowest BCUT2D eigenvalue weighted by Gasteiger charge is -2.34. The summed E-state index contributed by atoms with van der Waals surface area (Å²) in [6, 6.07) is 13.9. The van der Waals surface area contributed by atoms with Crippen molar-refractivity contribution >= 4 is 16.8 Å². The van der Waals surface area contributed by atoms with Crippen LogP contribution in [0, 0.1) is 0 Å². The fraction of sp³-hybridized carbons (Fsp3) is 0.200. The number of aliphatic hydroxyl groups is 3. The van der Waals surface area contributed by atoms with Gasteiger partial charge in [-0.3, -0.25) is 9.59 Å². The van der Waals surface area contributed by atoms with E-state index in [1.165, 1.54) is 18.2 Å². The van der Waals surface area contributed by atoms with Crippen LogP contribution in [0.4, 0.5) is 0 Å². The first-order valence-electron chi connectivity index (χ1n) is 15.1. The predicted octanol–water partition coefficient (Wildman–Crippen LogP) is 2.42. The Hall–Kier alpha value is -6.20. The average molecular weight is 709 g/mol. The summed E-state index contributed by atoms with van der Waals surface area (Å²) in [4.78, 5) is 25.1. The quantitative estimate of drug-likeness (QED) is 0.0855. The van der Waals surface area contributed by atoms with Crippen LogP contribution in [0.5, 0.6) is 51.7 Å². The molecule has 1 aliphatic heterocycles. The van der Waals surface area contributed by atoms with E-state index in [2.05, 4.69) is 0 Å². The van der Waals surface area contributed by atoms with E-state index < -0.39 is 76.9 Å². The SMILES string of the molecule is O=C(CCc1ccc(O)cc1)c1c(O)cc(O)cc1O.O=c1c(OC2OC[C@H](O)[C@H](O)[C@H]2O)c(-c2ccc(O)c(O)c2)oc2cc(O)cc(O)c12. The first-order valence-corrected chi connectivity index (χ1v) is 15.1. The lowest BCUT2D eigenvalue weighted by Crippen LogP contribution is -2.55. The van der Waals surface area contributed by atoms with E-state index in [0.29, 0.717) is 6.42 Å². The second-order valence-electron chi connectivity index (χ2n) is 11.4. The number of aryl methyl sites for hydroxylation is 1. The zero-order chi connectivity index (χ0) is 37.1. The molecule has 1 unspecified atom stereocenters. The van der Waals surface area contributed by atoms with Crippen molar-refractivity contribution in [1.29, 1.82) is 0 Å². The Morgan fingerprint density at radius 3 is 1.98 bits per heavy atom. The molecular formula is C35H32O16. The van der Waals surface area contributed by atoms with Gasteiger partial charge >= 0.3 is 0 Å². The highest BCUT2D eigenvalue weighted by atomic mass is 16.7. The van der Waals surface area contributed by atoms with Gasteiger partial charge in [0.1, 0.15) is 69.3 Å². The lowest BCUT2D eigenvalue weighted by molar-refractivity contribution is -0.242. The number of ether oxygens (including phenoxy) is 2. The van der Waals surface area contributed by atoms with Crippen LogP contribution < -0.4 is 10.2 Å². The molecule has 0 bridgehead atoms. The molecule has 4 aromatic carbocycles. The van der Waals surface area contributed by atoms with E-state index in [1.807, 2.05) is 0 Å². The Kier molecular flexibility index (Phi) is 10.4. The molecule has 1 fully saturated rings. The number of rotatable bonds is 7. The fourth-order valence-electron chi connectivity index (χ4n) is 5.16. The number of aliphatic hydroxyl groups excluding tert-OH is 3. The standard InChI is InChI=1S/C20H18O11.C15H14O5/c21-8-4-11(24)14-13(5-8)30-18(7-1-2-9(22)10(23)3-7)19(16(14)27)31-20-17(28)15(26)12(25)6-29-20;16-10-4-1-9(2-5-10)3-6-12(18)15-13(19)7-11(17)8-14(15)20/h1-5,12,15,17,20-26,28H,6H2;1-2,4-5,7-8,16-17,19-20H,3,6H2/t12-,15-,17+,20?;/m0./s1. The van der Waals surface area contributed by atoms with E-state index in [-0.39, 0.29) is 51.5 Å². The second kappa shape index (κ2) is 14.7. The molecule has 0 amide bonds. The maximum atomic E-state index is 13.1. The number of aromatic hydroxyl groups is 8. The molecule has 1 aliphatic rings. The zero-order valence-corrected chi connectivity index (χ0v) is 26.2. The third-order valence-electron chi connectivity index (χ3n) is 7.78. The van der Waals surface area contributed by atoms with Crippen molar-refractivity contribution < 1.29 is 74.9 Å². The predicted molar refractivity (Wildman–Crippen MR) is 175 cm³/mol. The van der Waals surface area contributed by atoms with Crippen molar-refractivity contribution in [1.82, 2.24) is 0 Å². The van der Waals surface area contributed by atoms with Gasteiger partial charge in [0, 0.05) is 36.2 Å². The van der Waals surface area contributed by atoms with Gasteiger partial charge in [-0.2, -0.15) is 0 Å². The molecular weight excluding hydrogens is 676 g/mol. The molecule has 0 spiro atoms. The number of hydrogen-bond donors (Lipinski definition) is 11. The van der Waals surface area contributed by atoms with Crippen LogP contribution in [0.2, 0.25) is 0 Å². The number of phenols is 8. The summed E-state index contributed by atoms with van der Waals surface area (Å²) in [5.74, 6) is -4.27. The van der Waals surface area contributed by atoms with Crippen LogP contribution in [0.1, 0.15) is 22.3 Å². The van der Waals surface area contributed by atoms with E-state index in [4.69, 9.17) is 19.0 Å². The summed E-state index contributed by atoms with van der Waals surface area (Å²) in [5.41, 5.74) is -0.385. The highest BCUT2D eigenvalue weighted by Gasteiger charge is 2.40. The third kappa shape index (κ3) is 7.84. The van der Waals surface area contributed by atoms with Gasteiger partial charge in [-0.1, -0.05) is 12.1 Å². The minimum Gasteiger partial charge on any atom is -0.508 e. The van der Waals surface area contributed by atoms with Gasteiger partial charge in [0.05, 0.1) is 6.61 Å². The average Bonchev–Trinajstić information content (AvgIpc) is 3.06. The minimum absolute atomic E-state index is 0.0676. The van der Waals surface area contributed by atoms with Crippen molar-refractivity contribution in [2.75, 3.05) is 6.61 Å². The van der Waals surface area contributed by atoms with Crippen LogP contribution in [-0.2, 0) is 11.2 Å². The molecule has 1 aromatic heterocycles. The number of hydrogen-bond acceptors (Lipinski definition) is 16. The van der Waals surface area contributed by atoms with Crippen LogP contribution in [0.25, 0.3) is 22.3 Å². The summed E-state index contributed by atoms with van der Waals surface area (Å²) in [7, 11) is 0. The summed E-state index contributed by atoms with van der Waals surface area (Å²) in [6.07, 6.45) is -5.79. The molecule has 5 aromatic rings. The maximum Gasteiger partial charge on any atom is 0.239 e. The van der Waals surface area contributed by atoms with E-state index in [1.54, 1.807) is 12.1 Å². The van der Waals surface area contributed by atoms with Crippen molar-refractivity contribution in [2.45, 2.75) is 37.4 Å². The van der Waals surface area contributed by atoms with E-state index in [9.17, 15) is 60.7 Å². The first-order chi connectivity index (χ1) is 24.1. The molecule has 4 atom stereocenters. The van der Waals surface area contributed by atoms with Gasteiger partial charge in [0.15, 0.2) is 23.0 Å². The van der Waals surface area contributed by atoms with Crippen LogP contribution in [-0.4, -0.2) is 93.2 Å². The molecule has 16 nitrogen and oxygen atoms in total. The third-order valence-corrected chi connectivity index (χ3v) is 7.78. The number of phenolic OH excluding ortho intramolecular Hbond substituents is 8. The fourth-order valence-corrected chi connectivity index (χ4v) is 5.16. The van der Waals surface area contributed by atoms with Gasteiger partial charge in [-0.25, -0.2) is 0 Å². The van der Waals surface area contributed by atoms with Crippen molar-refractivity contribution in [3.05, 3.63) is 88.1 Å². The van der Waals surface area contributed by atoms with Gasteiger partial charge in [-0.05, 0) is 42.3 Å². The van der Waals surface area contributed by atoms with E-state index in [0.717, 1.165) is 42.0 Å². The van der Waals surface area contributed by atoms with Gasteiger partial charge < -0.3 is 70.1 Å². The van der Waals surface area contributed by atoms with Crippen molar-refractivity contribution in [2.24, 2.45) is 0 Å².